The Morgan fingerprint density at radius 1 is 1.77 bits per heavy atom. The monoisotopic (exact) mass is 181 g/mol. The lowest BCUT2D eigenvalue weighted by molar-refractivity contribution is 0.243. The standard InChI is InChI=1S/C7H11N5O/c1-8-7(13)11-10-4-6-3-9-5-12(6)2/h3-5H,1-2H3,(H2,8,11,13)/b10-4+. The summed E-state index contributed by atoms with van der Waals surface area (Å²) in [6.07, 6.45) is 4.82. The average Bonchev–Trinajstić information content (AvgIpc) is 2.52. The number of hydrazone groups is 1. The molecule has 0 aliphatic rings. The van der Waals surface area contributed by atoms with Crippen LogP contribution >= 0.6 is 0 Å². The maximum atomic E-state index is 10.7. The zero-order chi connectivity index (χ0) is 9.68. The van der Waals surface area contributed by atoms with Crippen molar-refractivity contribution in [2.75, 3.05) is 7.05 Å². The number of hydrogen-bond acceptors (Lipinski definition) is 3. The van der Waals surface area contributed by atoms with Crippen molar-refractivity contribution in [3.63, 3.8) is 0 Å². The minimum atomic E-state index is -0.349. The highest BCUT2D eigenvalue weighted by molar-refractivity contribution is 5.79. The van der Waals surface area contributed by atoms with Crippen molar-refractivity contribution in [1.82, 2.24) is 20.3 Å². The number of aryl methyl sites for hydroxylation is 1. The molecule has 0 spiro atoms. The van der Waals surface area contributed by atoms with Gasteiger partial charge in [-0.3, -0.25) is 0 Å². The van der Waals surface area contributed by atoms with Crippen LogP contribution in [0.1, 0.15) is 5.69 Å². The first-order chi connectivity index (χ1) is 6.24. The minimum Gasteiger partial charge on any atom is -0.340 e. The molecule has 0 aromatic carbocycles. The zero-order valence-corrected chi connectivity index (χ0v) is 7.48. The van der Waals surface area contributed by atoms with Gasteiger partial charge in [0.2, 0.25) is 0 Å². The molecule has 13 heavy (non-hydrogen) atoms. The van der Waals surface area contributed by atoms with Crippen LogP contribution in [-0.2, 0) is 7.05 Å². The lowest BCUT2D eigenvalue weighted by Gasteiger charge is -1.96. The highest BCUT2D eigenvalue weighted by Crippen LogP contribution is 1.89. The lowest BCUT2D eigenvalue weighted by atomic mass is 10.5. The number of rotatable bonds is 2. The molecule has 1 aromatic rings. The van der Waals surface area contributed by atoms with Crippen molar-refractivity contribution in [2.45, 2.75) is 0 Å². The van der Waals surface area contributed by atoms with E-state index in [1.165, 1.54) is 13.3 Å². The number of imidazole rings is 1. The maximum Gasteiger partial charge on any atom is 0.334 e. The molecule has 1 heterocycles. The summed E-state index contributed by atoms with van der Waals surface area (Å²) < 4.78 is 1.79. The summed E-state index contributed by atoms with van der Waals surface area (Å²) in [7, 11) is 3.36. The number of hydrogen-bond donors (Lipinski definition) is 2. The van der Waals surface area contributed by atoms with Crippen molar-refractivity contribution in [1.29, 1.82) is 0 Å². The van der Waals surface area contributed by atoms with E-state index in [1.54, 1.807) is 17.1 Å². The van der Waals surface area contributed by atoms with Gasteiger partial charge in [-0.15, -0.1) is 0 Å². The van der Waals surface area contributed by atoms with E-state index in [0.29, 0.717) is 0 Å². The topological polar surface area (TPSA) is 71.3 Å². The quantitative estimate of drug-likeness (QED) is 0.485. The predicted octanol–water partition coefficient (Wildman–Crippen LogP) is -0.317. The first-order valence-electron chi connectivity index (χ1n) is 3.71. The Morgan fingerprint density at radius 2 is 2.54 bits per heavy atom. The number of carbonyl (C=O) groups is 1. The highest BCUT2D eigenvalue weighted by atomic mass is 16.2. The van der Waals surface area contributed by atoms with E-state index in [0.717, 1.165) is 5.69 Å². The number of aromatic nitrogens is 2. The molecule has 0 aliphatic heterocycles. The maximum absolute atomic E-state index is 10.7. The van der Waals surface area contributed by atoms with Gasteiger partial charge in [0.05, 0.1) is 24.4 Å². The largest absolute Gasteiger partial charge is 0.340 e. The van der Waals surface area contributed by atoms with E-state index >= 15 is 0 Å². The van der Waals surface area contributed by atoms with Gasteiger partial charge in [0, 0.05) is 14.1 Å². The third-order valence-corrected chi connectivity index (χ3v) is 1.44. The van der Waals surface area contributed by atoms with Crippen molar-refractivity contribution < 1.29 is 4.79 Å². The van der Waals surface area contributed by atoms with Crippen molar-refractivity contribution in [3.8, 4) is 0 Å². The molecule has 2 amide bonds. The van der Waals surface area contributed by atoms with E-state index in [4.69, 9.17) is 0 Å². The van der Waals surface area contributed by atoms with Gasteiger partial charge in [-0.25, -0.2) is 15.2 Å². The third-order valence-electron chi connectivity index (χ3n) is 1.44. The second-order valence-corrected chi connectivity index (χ2v) is 2.38. The molecule has 6 heteroatoms. The molecule has 1 aromatic heterocycles. The number of carbonyl (C=O) groups excluding carboxylic acids is 1. The van der Waals surface area contributed by atoms with Crippen LogP contribution in [0.25, 0.3) is 0 Å². The Bertz CT molecular complexity index is 316. The zero-order valence-electron chi connectivity index (χ0n) is 7.48. The minimum absolute atomic E-state index is 0.349. The predicted molar refractivity (Wildman–Crippen MR) is 48.4 cm³/mol. The van der Waals surface area contributed by atoms with E-state index < -0.39 is 0 Å². The van der Waals surface area contributed by atoms with Gasteiger partial charge in [0.15, 0.2) is 0 Å². The van der Waals surface area contributed by atoms with Crippen molar-refractivity contribution >= 4 is 12.2 Å². The Hall–Kier alpha value is -1.85. The first-order valence-corrected chi connectivity index (χ1v) is 3.71. The lowest BCUT2D eigenvalue weighted by Crippen LogP contribution is -2.28. The SMILES string of the molecule is CNC(=O)N/N=C/c1cncn1C. The number of nitrogens with one attached hydrogen (secondary N) is 2. The van der Waals surface area contributed by atoms with Gasteiger partial charge in [-0.2, -0.15) is 5.10 Å². The van der Waals surface area contributed by atoms with Gasteiger partial charge in [-0.1, -0.05) is 0 Å². The molecule has 0 radical (unpaired) electrons. The summed E-state index contributed by atoms with van der Waals surface area (Å²) in [6.45, 7) is 0. The summed E-state index contributed by atoms with van der Waals surface area (Å²) in [4.78, 5) is 14.5. The Morgan fingerprint density at radius 3 is 3.08 bits per heavy atom. The van der Waals surface area contributed by atoms with Gasteiger partial charge in [0.25, 0.3) is 0 Å². The van der Waals surface area contributed by atoms with Crippen molar-refractivity contribution in [2.24, 2.45) is 12.1 Å². The molecule has 70 valence electrons. The number of nitrogens with zero attached hydrogens (tertiary/aromatic N) is 3. The fraction of sp³-hybridized carbons (Fsp3) is 0.286. The Kier molecular flexibility index (Phi) is 3.02. The molecule has 0 aliphatic carbocycles. The summed E-state index contributed by atoms with van der Waals surface area (Å²) in [5, 5.41) is 6.07. The Balaban J connectivity index is 2.50. The number of urea groups is 1. The van der Waals surface area contributed by atoms with Gasteiger partial charge < -0.3 is 9.88 Å². The molecular formula is C7H11N5O. The van der Waals surface area contributed by atoms with Gasteiger partial charge >= 0.3 is 6.03 Å². The molecule has 6 nitrogen and oxygen atoms in total. The highest BCUT2D eigenvalue weighted by Gasteiger charge is 1.93. The fourth-order valence-electron chi connectivity index (χ4n) is 0.705. The molecule has 0 bridgehead atoms. The van der Waals surface area contributed by atoms with Crippen LogP contribution in [0.4, 0.5) is 4.79 Å². The number of amides is 2. The van der Waals surface area contributed by atoms with E-state index in [-0.39, 0.29) is 6.03 Å². The van der Waals surface area contributed by atoms with Gasteiger partial charge in [-0.05, 0) is 0 Å². The first kappa shape index (κ1) is 9.24. The molecule has 1 rings (SSSR count). The summed E-state index contributed by atoms with van der Waals surface area (Å²) in [5.74, 6) is 0. The molecule has 0 fully saturated rings. The van der Waals surface area contributed by atoms with Crippen LogP contribution in [0.2, 0.25) is 0 Å². The third kappa shape index (κ3) is 2.58. The summed E-state index contributed by atoms with van der Waals surface area (Å²) in [6, 6.07) is -0.349. The van der Waals surface area contributed by atoms with Crippen LogP contribution in [0.5, 0.6) is 0 Å². The van der Waals surface area contributed by atoms with Gasteiger partial charge in [0.1, 0.15) is 0 Å². The second-order valence-electron chi connectivity index (χ2n) is 2.38. The average molecular weight is 181 g/mol. The molecule has 0 saturated carbocycles. The molecule has 0 atom stereocenters. The van der Waals surface area contributed by atoms with Crippen LogP contribution < -0.4 is 10.7 Å². The molecule has 0 saturated heterocycles. The Labute approximate surface area is 75.7 Å². The van der Waals surface area contributed by atoms with Crippen LogP contribution in [0.15, 0.2) is 17.6 Å². The summed E-state index contributed by atoms with van der Waals surface area (Å²) in [5.41, 5.74) is 3.09. The molecule has 0 unspecified atom stereocenters. The smallest absolute Gasteiger partial charge is 0.334 e. The molecule has 2 N–H and O–H groups in total. The van der Waals surface area contributed by atoms with E-state index in [2.05, 4.69) is 20.8 Å². The normalized spacial score (nSPS) is 10.3. The second kappa shape index (κ2) is 4.24. The van der Waals surface area contributed by atoms with Crippen LogP contribution in [-0.4, -0.2) is 28.8 Å². The molecular weight excluding hydrogens is 170 g/mol. The van der Waals surface area contributed by atoms with Crippen LogP contribution in [0, 0.1) is 0 Å². The van der Waals surface area contributed by atoms with E-state index in [9.17, 15) is 4.79 Å². The fourth-order valence-corrected chi connectivity index (χ4v) is 0.705. The summed E-state index contributed by atoms with van der Waals surface area (Å²) >= 11 is 0. The van der Waals surface area contributed by atoms with E-state index in [1.807, 2.05) is 7.05 Å². The van der Waals surface area contributed by atoms with Crippen molar-refractivity contribution in [3.05, 3.63) is 18.2 Å². The van der Waals surface area contributed by atoms with Crippen LogP contribution in [0.3, 0.4) is 0 Å².